The first-order valence-corrected chi connectivity index (χ1v) is 9.53. The smallest absolute Gasteiger partial charge is 0.273 e. The van der Waals surface area contributed by atoms with Gasteiger partial charge in [0.15, 0.2) is 0 Å². The first kappa shape index (κ1) is 20.0. The Morgan fingerprint density at radius 2 is 2.11 bits per heavy atom. The lowest BCUT2D eigenvalue weighted by atomic mass is 9.99. The summed E-state index contributed by atoms with van der Waals surface area (Å²) in [5, 5.41) is 0.525. The fourth-order valence-electron chi connectivity index (χ4n) is 3.18. The number of hydrazine groups is 1. The number of aromatic nitrogens is 1. The summed E-state index contributed by atoms with van der Waals surface area (Å²) >= 11 is 11.9. The molecular weight excluding hydrogens is 390 g/mol. The Morgan fingerprint density at radius 1 is 1.30 bits per heavy atom. The van der Waals surface area contributed by atoms with Gasteiger partial charge in [0.2, 0.25) is 0 Å². The molecular formula is C19H21Cl2FN4O. The number of rotatable bonds is 6. The van der Waals surface area contributed by atoms with Crippen LogP contribution in [0, 0.1) is 5.82 Å². The Morgan fingerprint density at radius 3 is 2.89 bits per heavy atom. The predicted molar refractivity (Wildman–Crippen MR) is 104 cm³/mol. The van der Waals surface area contributed by atoms with Gasteiger partial charge in [0, 0.05) is 25.7 Å². The highest BCUT2D eigenvalue weighted by Crippen LogP contribution is 2.25. The van der Waals surface area contributed by atoms with Gasteiger partial charge in [-0.25, -0.2) is 9.37 Å². The number of hydrogen-bond acceptors (Lipinski definition) is 4. The van der Waals surface area contributed by atoms with Gasteiger partial charge < -0.3 is 4.90 Å². The quantitative estimate of drug-likeness (QED) is 0.706. The van der Waals surface area contributed by atoms with E-state index in [-0.39, 0.29) is 39.7 Å². The molecule has 2 atom stereocenters. The van der Waals surface area contributed by atoms with Crippen molar-refractivity contribution in [1.29, 1.82) is 0 Å². The molecule has 27 heavy (non-hydrogen) atoms. The highest BCUT2D eigenvalue weighted by molar-refractivity contribution is 6.34. The normalized spacial score (nSPS) is 19.3. The maximum Gasteiger partial charge on any atom is 0.273 e. The Bertz CT molecular complexity index is 820. The summed E-state index contributed by atoms with van der Waals surface area (Å²) in [4.78, 5) is 18.1. The lowest BCUT2D eigenvalue weighted by Crippen LogP contribution is -2.33. The summed E-state index contributed by atoms with van der Waals surface area (Å²) in [6.07, 6.45) is 2.56. The van der Waals surface area contributed by atoms with Crippen molar-refractivity contribution in [3.63, 3.8) is 0 Å². The van der Waals surface area contributed by atoms with Gasteiger partial charge in [-0.15, -0.1) is 0 Å². The second-order valence-corrected chi connectivity index (χ2v) is 7.46. The Hall–Kier alpha value is -1.73. The van der Waals surface area contributed by atoms with Gasteiger partial charge in [0.25, 0.3) is 5.91 Å². The molecule has 2 heterocycles. The number of nitrogens with one attached hydrogen (secondary N) is 2. The molecule has 1 fully saturated rings. The number of hydrogen-bond donors (Lipinski definition) is 2. The molecule has 1 saturated heterocycles. The van der Waals surface area contributed by atoms with Crippen molar-refractivity contribution < 1.29 is 9.18 Å². The van der Waals surface area contributed by atoms with E-state index in [0.29, 0.717) is 6.54 Å². The van der Waals surface area contributed by atoms with E-state index in [9.17, 15) is 9.18 Å². The van der Waals surface area contributed by atoms with Crippen LogP contribution in [0.2, 0.25) is 10.2 Å². The number of halogens is 3. The third-order valence-electron chi connectivity index (χ3n) is 4.64. The van der Waals surface area contributed by atoms with Crippen molar-refractivity contribution in [3.8, 4) is 0 Å². The van der Waals surface area contributed by atoms with Crippen LogP contribution in [0.15, 0.2) is 36.4 Å². The molecule has 2 unspecified atom stereocenters. The highest BCUT2D eigenvalue weighted by atomic mass is 35.5. The van der Waals surface area contributed by atoms with Crippen LogP contribution >= 0.6 is 23.2 Å². The van der Waals surface area contributed by atoms with Crippen molar-refractivity contribution in [2.24, 2.45) is 0 Å². The van der Waals surface area contributed by atoms with E-state index in [2.05, 4.69) is 15.8 Å². The van der Waals surface area contributed by atoms with Crippen molar-refractivity contribution in [2.45, 2.75) is 31.3 Å². The largest absolute Gasteiger partial charge is 0.340 e. The van der Waals surface area contributed by atoms with Gasteiger partial charge in [0.05, 0.1) is 5.02 Å². The number of carbonyl (C=O) groups is 1. The second kappa shape index (κ2) is 8.97. The van der Waals surface area contributed by atoms with E-state index in [1.54, 1.807) is 36.2 Å². The van der Waals surface area contributed by atoms with Crippen LogP contribution in [-0.2, 0) is 0 Å². The molecule has 5 nitrogen and oxygen atoms in total. The maximum absolute atomic E-state index is 13.4. The number of pyridine rings is 1. The van der Waals surface area contributed by atoms with E-state index in [4.69, 9.17) is 23.2 Å². The van der Waals surface area contributed by atoms with Gasteiger partial charge in [0.1, 0.15) is 16.7 Å². The first-order valence-electron chi connectivity index (χ1n) is 8.78. The number of nitrogens with zero attached hydrogens (tertiary/aromatic N) is 2. The van der Waals surface area contributed by atoms with Crippen LogP contribution in [0.1, 0.15) is 41.4 Å². The molecule has 2 aromatic rings. The van der Waals surface area contributed by atoms with Gasteiger partial charge >= 0.3 is 0 Å². The highest BCUT2D eigenvalue weighted by Gasteiger charge is 2.25. The molecule has 0 bridgehead atoms. The van der Waals surface area contributed by atoms with Crippen LogP contribution in [0.25, 0.3) is 0 Å². The van der Waals surface area contributed by atoms with Gasteiger partial charge in [-0.1, -0.05) is 35.3 Å². The van der Waals surface area contributed by atoms with Gasteiger partial charge in [-0.05, 0) is 49.1 Å². The molecule has 1 aliphatic rings. The number of amides is 1. The number of carbonyl (C=O) groups excluding carboxylic acids is 1. The van der Waals surface area contributed by atoms with Gasteiger partial charge in [-0.2, -0.15) is 0 Å². The molecule has 2 N–H and O–H groups in total. The van der Waals surface area contributed by atoms with Crippen molar-refractivity contribution in [1.82, 2.24) is 20.7 Å². The van der Waals surface area contributed by atoms with E-state index in [1.165, 1.54) is 6.07 Å². The second-order valence-electron chi connectivity index (χ2n) is 6.66. The summed E-state index contributed by atoms with van der Waals surface area (Å²) in [6.45, 7) is 0.576. The fraction of sp³-hybridized carbons (Fsp3) is 0.368. The molecule has 0 spiro atoms. The minimum Gasteiger partial charge on any atom is -0.340 e. The zero-order valence-corrected chi connectivity index (χ0v) is 16.4. The topological polar surface area (TPSA) is 57.3 Å². The Kier molecular flexibility index (Phi) is 6.65. The SMILES string of the molecule is CN(CCCC1CC(c2cccc(F)c2)NN1)C(=O)c1nc(Cl)ccc1Cl. The fourth-order valence-corrected chi connectivity index (χ4v) is 3.51. The molecule has 8 heteroatoms. The number of benzene rings is 1. The average Bonchev–Trinajstić information content (AvgIpc) is 3.12. The molecule has 1 aromatic heterocycles. The Labute approximate surface area is 167 Å². The lowest BCUT2D eigenvalue weighted by molar-refractivity contribution is 0.0786. The van der Waals surface area contributed by atoms with E-state index in [0.717, 1.165) is 24.8 Å². The van der Waals surface area contributed by atoms with Gasteiger partial charge in [-0.3, -0.25) is 15.6 Å². The van der Waals surface area contributed by atoms with Crippen LogP contribution < -0.4 is 10.9 Å². The molecule has 3 rings (SSSR count). The molecule has 0 saturated carbocycles. The van der Waals surface area contributed by atoms with Crippen LogP contribution in [0.5, 0.6) is 0 Å². The summed E-state index contributed by atoms with van der Waals surface area (Å²) in [5.74, 6) is -0.483. The first-order chi connectivity index (χ1) is 12.9. The minimum atomic E-state index is -0.252. The van der Waals surface area contributed by atoms with Crippen LogP contribution in [-0.4, -0.2) is 35.4 Å². The molecule has 0 aliphatic carbocycles. The monoisotopic (exact) mass is 410 g/mol. The summed E-state index contributed by atoms with van der Waals surface area (Å²) in [7, 11) is 1.72. The minimum absolute atomic E-state index is 0.0829. The molecule has 1 aliphatic heterocycles. The standard InChI is InChI=1S/C19H21Cl2FN4O/c1-26(19(27)18-15(20)7-8-17(21)23-18)9-3-6-14-11-16(25-24-14)12-4-2-5-13(22)10-12/h2,4-5,7-8,10,14,16,24-25H,3,6,9,11H2,1H3. The zero-order chi connectivity index (χ0) is 19.4. The van der Waals surface area contributed by atoms with Crippen molar-refractivity contribution >= 4 is 29.1 Å². The molecule has 1 aromatic carbocycles. The Balaban J connectivity index is 1.47. The molecule has 144 valence electrons. The maximum atomic E-state index is 13.4. The van der Waals surface area contributed by atoms with Crippen molar-refractivity contribution in [2.75, 3.05) is 13.6 Å². The molecule has 1 amide bonds. The van der Waals surface area contributed by atoms with E-state index < -0.39 is 0 Å². The average molecular weight is 411 g/mol. The van der Waals surface area contributed by atoms with E-state index >= 15 is 0 Å². The van der Waals surface area contributed by atoms with Crippen LogP contribution in [0.4, 0.5) is 4.39 Å². The lowest BCUT2D eigenvalue weighted by Gasteiger charge is -2.18. The predicted octanol–water partition coefficient (Wildman–Crippen LogP) is 3.99. The summed E-state index contributed by atoms with van der Waals surface area (Å²) in [6, 6.07) is 10.1. The summed E-state index contributed by atoms with van der Waals surface area (Å²) in [5.41, 5.74) is 7.56. The van der Waals surface area contributed by atoms with Crippen LogP contribution in [0.3, 0.4) is 0 Å². The summed E-state index contributed by atoms with van der Waals surface area (Å²) < 4.78 is 13.4. The van der Waals surface area contributed by atoms with Crippen molar-refractivity contribution in [3.05, 3.63) is 63.6 Å². The third-order valence-corrected chi connectivity index (χ3v) is 5.16. The third kappa shape index (κ3) is 5.17. The van der Waals surface area contributed by atoms with E-state index in [1.807, 2.05) is 6.07 Å². The molecule has 0 radical (unpaired) electrons. The zero-order valence-electron chi connectivity index (χ0n) is 14.9.